The third kappa shape index (κ3) is 2.81. The fourth-order valence-corrected chi connectivity index (χ4v) is 2.94. The zero-order valence-electron chi connectivity index (χ0n) is 10.9. The number of hydrogen-bond acceptors (Lipinski definition) is 4. The highest BCUT2D eigenvalue weighted by Gasteiger charge is 2.20. The Bertz CT molecular complexity index is 571. The number of hydrogen-bond donors (Lipinski definition) is 0. The van der Waals surface area contributed by atoms with Gasteiger partial charge in [-0.2, -0.15) is 19.6 Å². The van der Waals surface area contributed by atoms with Crippen molar-refractivity contribution in [3.63, 3.8) is 0 Å². The van der Waals surface area contributed by atoms with E-state index < -0.39 is 0 Å². The van der Waals surface area contributed by atoms with Crippen LogP contribution >= 0.6 is 11.6 Å². The summed E-state index contributed by atoms with van der Waals surface area (Å²) in [6.45, 7) is 3.02. The summed E-state index contributed by atoms with van der Waals surface area (Å²) < 4.78 is 7.46. The Kier molecular flexibility index (Phi) is 3.55. The molecule has 0 N–H and O–H groups in total. The SMILES string of the molecule is CC1CCCC(COc2cc(Cl)nc3ncnn23)C1. The van der Waals surface area contributed by atoms with Crippen molar-refractivity contribution in [1.82, 2.24) is 19.6 Å². The van der Waals surface area contributed by atoms with Crippen LogP contribution in [0.5, 0.6) is 5.88 Å². The molecule has 0 amide bonds. The van der Waals surface area contributed by atoms with Gasteiger partial charge in [-0.3, -0.25) is 0 Å². The Morgan fingerprint density at radius 1 is 1.47 bits per heavy atom. The van der Waals surface area contributed by atoms with E-state index in [-0.39, 0.29) is 0 Å². The minimum atomic E-state index is 0.382. The molecule has 1 aliphatic carbocycles. The molecular weight excluding hydrogens is 264 g/mol. The molecule has 1 aliphatic rings. The first-order valence-electron chi connectivity index (χ1n) is 6.71. The smallest absolute Gasteiger partial charge is 0.256 e. The van der Waals surface area contributed by atoms with Crippen LogP contribution in [-0.4, -0.2) is 26.2 Å². The van der Waals surface area contributed by atoms with Gasteiger partial charge in [0.25, 0.3) is 5.78 Å². The third-order valence-electron chi connectivity index (χ3n) is 3.70. The molecule has 0 saturated heterocycles. The molecule has 0 spiro atoms. The molecular formula is C13H17ClN4O. The van der Waals surface area contributed by atoms with Crippen molar-refractivity contribution in [3.05, 3.63) is 17.5 Å². The number of halogens is 1. The zero-order valence-corrected chi connectivity index (χ0v) is 11.7. The first-order chi connectivity index (χ1) is 9.22. The summed E-state index contributed by atoms with van der Waals surface area (Å²) >= 11 is 5.95. The van der Waals surface area contributed by atoms with Crippen molar-refractivity contribution < 1.29 is 4.74 Å². The van der Waals surface area contributed by atoms with Crippen LogP contribution < -0.4 is 4.74 Å². The summed E-state index contributed by atoms with van der Waals surface area (Å²) in [6, 6.07) is 1.69. The van der Waals surface area contributed by atoms with Gasteiger partial charge >= 0.3 is 0 Å². The second-order valence-electron chi connectivity index (χ2n) is 5.34. The number of fused-ring (bicyclic) bond motifs is 1. The molecule has 2 aromatic rings. The maximum atomic E-state index is 5.95. The number of rotatable bonds is 3. The molecule has 5 nitrogen and oxygen atoms in total. The van der Waals surface area contributed by atoms with Gasteiger partial charge in [-0.05, 0) is 24.7 Å². The lowest BCUT2D eigenvalue weighted by atomic mass is 9.83. The van der Waals surface area contributed by atoms with Gasteiger partial charge in [0.05, 0.1) is 6.61 Å². The summed E-state index contributed by atoms with van der Waals surface area (Å²) in [7, 11) is 0. The van der Waals surface area contributed by atoms with E-state index in [1.165, 1.54) is 32.0 Å². The lowest BCUT2D eigenvalue weighted by Crippen LogP contribution is -2.20. The summed E-state index contributed by atoms with van der Waals surface area (Å²) in [5.41, 5.74) is 0. The van der Waals surface area contributed by atoms with E-state index in [1.807, 2.05) is 0 Å². The highest BCUT2D eigenvalue weighted by molar-refractivity contribution is 6.29. The number of aromatic nitrogens is 4. The number of ether oxygens (including phenoxy) is 1. The topological polar surface area (TPSA) is 52.3 Å². The molecule has 0 radical (unpaired) electrons. The van der Waals surface area contributed by atoms with E-state index in [1.54, 1.807) is 10.6 Å². The fraction of sp³-hybridized carbons (Fsp3) is 0.615. The Labute approximate surface area is 117 Å². The van der Waals surface area contributed by atoms with Crippen molar-refractivity contribution in [2.75, 3.05) is 6.61 Å². The molecule has 3 rings (SSSR count). The van der Waals surface area contributed by atoms with Crippen LogP contribution in [0.2, 0.25) is 5.15 Å². The Morgan fingerprint density at radius 3 is 3.21 bits per heavy atom. The van der Waals surface area contributed by atoms with E-state index in [2.05, 4.69) is 22.0 Å². The predicted molar refractivity (Wildman–Crippen MR) is 72.4 cm³/mol. The first-order valence-corrected chi connectivity index (χ1v) is 7.09. The predicted octanol–water partition coefficient (Wildman–Crippen LogP) is 2.98. The van der Waals surface area contributed by atoms with Gasteiger partial charge in [-0.1, -0.05) is 31.4 Å². The molecule has 2 aromatic heterocycles. The van der Waals surface area contributed by atoms with Crippen LogP contribution in [0.25, 0.3) is 5.78 Å². The molecule has 2 atom stereocenters. The Balaban J connectivity index is 1.72. The van der Waals surface area contributed by atoms with Gasteiger partial charge in [0.2, 0.25) is 5.88 Å². The molecule has 2 heterocycles. The zero-order chi connectivity index (χ0) is 13.2. The highest BCUT2D eigenvalue weighted by Crippen LogP contribution is 2.29. The van der Waals surface area contributed by atoms with Crippen molar-refractivity contribution >= 4 is 17.4 Å². The van der Waals surface area contributed by atoms with E-state index in [0.29, 0.717) is 29.3 Å². The van der Waals surface area contributed by atoms with Crippen LogP contribution in [0, 0.1) is 11.8 Å². The summed E-state index contributed by atoms with van der Waals surface area (Å²) in [5.74, 6) is 2.51. The lowest BCUT2D eigenvalue weighted by Gasteiger charge is -2.26. The molecule has 0 bridgehead atoms. The van der Waals surface area contributed by atoms with Crippen LogP contribution in [0.3, 0.4) is 0 Å². The van der Waals surface area contributed by atoms with Gasteiger partial charge in [-0.15, -0.1) is 0 Å². The molecule has 6 heteroatoms. The van der Waals surface area contributed by atoms with Crippen molar-refractivity contribution in [2.45, 2.75) is 32.6 Å². The van der Waals surface area contributed by atoms with E-state index >= 15 is 0 Å². The number of nitrogens with zero attached hydrogens (tertiary/aromatic N) is 4. The fourth-order valence-electron chi connectivity index (χ4n) is 2.78. The first kappa shape index (κ1) is 12.7. The van der Waals surface area contributed by atoms with Crippen molar-refractivity contribution in [2.24, 2.45) is 11.8 Å². The van der Waals surface area contributed by atoms with Crippen LogP contribution in [0.15, 0.2) is 12.4 Å². The van der Waals surface area contributed by atoms with E-state index in [9.17, 15) is 0 Å². The van der Waals surface area contributed by atoms with Gasteiger partial charge in [0.1, 0.15) is 11.5 Å². The van der Waals surface area contributed by atoms with E-state index in [0.717, 1.165) is 5.92 Å². The molecule has 2 unspecified atom stereocenters. The van der Waals surface area contributed by atoms with Crippen LogP contribution in [0.4, 0.5) is 0 Å². The second kappa shape index (κ2) is 5.33. The minimum absolute atomic E-state index is 0.382. The molecule has 0 aromatic carbocycles. The summed E-state index contributed by atoms with van der Waals surface area (Å²) in [6.07, 6.45) is 6.56. The van der Waals surface area contributed by atoms with Gasteiger partial charge in [0, 0.05) is 6.07 Å². The average Bonchev–Trinajstić information content (AvgIpc) is 2.84. The Morgan fingerprint density at radius 2 is 2.37 bits per heavy atom. The molecule has 1 fully saturated rings. The summed E-state index contributed by atoms with van der Waals surface area (Å²) in [4.78, 5) is 8.10. The molecule has 0 aliphatic heterocycles. The van der Waals surface area contributed by atoms with Gasteiger partial charge in [0.15, 0.2) is 0 Å². The normalized spacial score (nSPS) is 23.7. The third-order valence-corrected chi connectivity index (χ3v) is 3.89. The second-order valence-corrected chi connectivity index (χ2v) is 5.73. The standard InChI is InChI=1S/C13H17ClN4O/c1-9-3-2-4-10(5-9)7-19-12-6-11(14)17-13-15-8-16-18(12)13/h6,8-10H,2-5,7H2,1H3. The van der Waals surface area contributed by atoms with Gasteiger partial charge < -0.3 is 4.74 Å². The van der Waals surface area contributed by atoms with Crippen LogP contribution in [0.1, 0.15) is 32.6 Å². The molecule has 1 saturated carbocycles. The Hall–Kier alpha value is -1.36. The van der Waals surface area contributed by atoms with Crippen molar-refractivity contribution in [1.29, 1.82) is 0 Å². The van der Waals surface area contributed by atoms with Crippen molar-refractivity contribution in [3.8, 4) is 5.88 Å². The molecule has 19 heavy (non-hydrogen) atoms. The minimum Gasteiger partial charge on any atom is -0.477 e. The highest BCUT2D eigenvalue weighted by atomic mass is 35.5. The van der Waals surface area contributed by atoms with E-state index in [4.69, 9.17) is 16.3 Å². The maximum absolute atomic E-state index is 5.95. The van der Waals surface area contributed by atoms with Crippen LogP contribution in [-0.2, 0) is 0 Å². The molecule has 102 valence electrons. The van der Waals surface area contributed by atoms with Gasteiger partial charge in [-0.25, -0.2) is 0 Å². The lowest BCUT2D eigenvalue weighted by molar-refractivity contribution is 0.175. The largest absolute Gasteiger partial charge is 0.477 e. The maximum Gasteiger partial charge on any atom is 0.256 e. The summed E-state index contributed by atoms with van der Waals surface area (Å²) in [5, 5.41) is 4.48. The average molecular weight is 281 g/mol. The monoisotopic (exact) mass is 280 g/mol. The quantitative estimate of drug-likeness (QED) is 0.811.